The van der Waals surface area contributed by atoms with E-state index in [1.54, 1.807) is 10.7 Å². The molecule has 2 fully saturated rings. The van der Waals surface area contributed by atoms with Crippen LogP contribution in [-0.4, -0.2) is 60.2 Å². The summed E-state index contributed by atoms with van der Waals surface area (Å²) in [5.74, 6) is 0.997. The molecule has 1 saturated carbocycles. The molecule has 0 bridgehead atoms. The minimum atomic E-state index is -0.824. The van der Waals surface area contributed by atoms with Crippen LogP contribution in [0.2, 0.25) is 0 Å². The fraction of sp³-hybridized carbons (Fsp3) is 0.321. The van der Waals surface area contributed by atoms with Gasteiger partial charge in [0.1, 0.15) is 17.6 Å². The van der Waals surface area contributed by atoms with E-state index in [9.17, 15) is 15.2 Å². The lowest BCUT2D eigenvalue weighted by Crippen LogP contribution is -2.36. The molecular formula is C28H27N9O2. The van der Waals surface area contributed by atoms with Crippen LogP contribution in [0.4, 0.5) is 11.8 Å². The van der Waals surface area contributed by atoms with Gasteiger partial charge in [0, 0.05) is 18.7 Å². The van der Waals surface area contributed by atoms with Gasteiger partial charge in [0.25, 0.3) is 0 Å². The van der Waals surface area contributed by atoms with E-state index < -0.39 is 12.0 Å². The van der Waals surface area contributed by atoms with Gasteiger partial charge in [0.05, 0.1) is 41.5 Å². The van der Waals surface area contributed by atoms with Crippen molar-refractivity contribution in [1.82, 2.24) is 29.9 Å². The van der Waals surface area contributed by atoms with Crippen LogP contribution < -0.4 is 10.2 Å². The number of carbonyl (C=O) groups is 1. The lowest BCUT2D eigenvalue weighted by atomic mass is 10.1. The van der Waals surface area contributed by atoms with Gasteiger partial charge in [0.15, 0.2) is 0 Å². The van der Waals surface area contributed by atoms with E-state index in [0.717, 1.165) is 24.2 Å². The molecule has 2 aliphatic rings. The Kier molecular flexibility index (Phi) is 6.59. The third kappa shape index (κ3) is 5.55. The minimum Gasteiger partial charge on any atom is -0.480 e. The molecule has 1 unspecified atom stereocenters. The number of carboxylic acids is 1. The molecule has 4 heterocycles. The molecule has 2 N–H and O–H groups in total. The molecular weight excluding hydrogens is 494 g/mol. The number of benzene rings is 1. The summed E-state index contributed by atoms with van der Waals surface area (Å²) in [6, 6.07) is 16.4. The van der Waals surface area contributed by atoms with Crippen LogP contribution in [0, 0.1) is 17.2 Å². The van der Waals surface area contributed by atoms with E-state index in [2.05, 4.69) is 21.7 Å². The van der Waals surface area contributed by atoms with Crippen molar-refractivity contribution < 1.29 is 9.90 Å². The summed E-state index contributed by atoms with van der Waals surface area (Å²) in [6.07, 6.45) is 5.68. The van der Waals surface area contributed by atoms with Crippen molar-refractivity contribution in [2.75, 3.05) is 23.3 Å². The fourth-order valence-corrected chi connectivity index (χ4v) is 4.78. The average molecular weight is 522 g/mol. The Balaban J connectivity index is 1.26. The molecule has 0 amide bonds. The van der Waals surface area contributed by atoms with Crippen molar-refractivity contribution in [2.45, 2.75) is 38.3 Å². The van der Waals surface area contributed by atoms with E-state index >= 15 is 0 Å². The molecule has 0 spiro atoms. The number of nitrogens with zero attached hydrogens (tertiary/aromatic N) is 8. The van der Waals surface area contributed by atoms with Crippen molar-refractivity contribution in [3.63, 3.8) is 0 Å². The third-order valence-electron chi connectivity index (χ3n) is 7.01. The predicted octanol–water partition coefficient (Wildman–Crippen LogP) is 3.59. The molecule has 6 rings (SSSR count). The maximum Gasteiger partial charge on any atom is 0.326 e. The van der Waals surface area contributed by atoms with E-state index in [1.165, 1.54) is 12.8 Å². The number of hydrogen-bond donors (Lipinski definition) is 2. The zero-order chi connectivity index (χ0) is 26.8. The number of pyridine rings is 1. The molecule has 1 aromatic carbocycles. The molecule has 4 aromatic rings. The molecule has 1 atom stereocenters. The summed E-state index contributed by atoms with van der Waals surface area (Å²) in [7, 11) is 0. The first-order chi connectivity index (χ1) is 19.1. The summed E-state index contributed by atoms with van der Waals surface area (Å²) in [5, 5.41) is 30.9. The first-order valence-electron chi connectivity index (χ1n) is 13.0. The number of anilines is 2. The Morgan fingerprint density at radius 3 is 2.72 bits per heavy atom. The summed E-state index contributed by atoms with van der Waals surface area (Å²) < 4.78 is 1.69. The van der Waals surface area contributed by atoms with Gasteiger partial charge in [-0.2, -0.15) is 5.26 Å². The number of carboxylic acid groups (broad SMARTS) is 1. The van der Waals surface area contributed by atoms with Gasteiger partial charge in [-0.3, -0.25) is 0 Å². The predicted molar refractivity (Wildman–Crippen MR) is 144 cm³/mol. The molecule has 1 aliphatic carbocycles. The van der Waals surface area contributed by atoms with Crippen molar-refractivity contribution in [2.24, 2.45) is 5.92 Å². The molecule has 3 aromatic heterocycles. The highest BCUT2D eigenvalue weighted by atomic mass is 16.4. The van der Waals surface area contributed by atoms with Gasteiger partial charge in [0.2, 0.25) is 5.95 Å². The smallest absolute Gasteiger partial charge is 0.326 e. The van der Waals surface area contributed by atoms with E-state index in [-0.39, 0.29) is 0 Å². The Morgan fingerprint density at radius 1 is 1.05 bits per heavy atom. The monoisotopic (exact) mass is 521 g/mol. The molecule has 11 heteroatoms. The molecule has 1 saturated heterocycles. The standard InChI is InChI=1S/C28H27N9O2/c29-14-19-4-1-5-20(12-19)22-13-23(33-28(32-22)30-15-18-9-10-18)24-17-36(35-34-24)16-21-6-2-8-26(31-21)37-11-3-7-25(37)27(38)39/h1-2,4-6,8,12-13,17-18,25H,3,7,9-11,15-16H2,(H,38,39)(H,30,32,33). The van der Waals surface area contributed by atoms with E-state index in [0.29, 0.717) is 59.8 Å². The summed E-state index contributed by atoms with van der Waals surface area (Å²) >= 11 is 0. The topological polar surface area (TPSA) is 146 Å². The highest BCUT2D eigenvalue weighted by Gasteiger charge is 2.31. The number of hydrogen-bond acceptors (Lipinski definition) is 9. The second-order valence-electron chi connectivity index (χ2n) is 9.96. The van der Waals surface area contributed by atoms with Crippen molar-refractivity contribution in [3.05, 3.63) is 66.0 Å². The average Bonchev–Trinajstić information content (AvgIpc) is 3.44. The number of rotatable bonds is 9. The lowest BCUT2D eigenvalue weighted by Gasteiger charge is -2.22. The maximum atomic E-state index is 11.6. The first-order valence-corrected chi connectivity index (χ1v) is 13.0. The Labute approximate surface area is 225 Å². The SMILES string of the molecule is N#Cc1cccc(-c2cc(-c3cn(Cc4cccc(N5CCCC5C(=O)O)n4)nn3)nc(NCC3CC3)n2)c1. The largest absolute Gasteiger partial charge is 0.480 e. The first kappa shape index (κ1) is 24.5. The van der Waals surface area contributed by atoms with Crippen LogP contribution in [0.3, 0.4) is 0 Å². The second-order valence-corrected chi connectivity index (χ2v) is 9.96. The quantitative estimate of drug-likeness (QED) is 0.335. The summed E-state index contributed by atoms with van der Waals surface area (Å²) in [5.41, 5.74) is 4.04. The van der Waals surface area contributed by atoms with Crippen molar-refractivity contribution in [1.29, 1.82) is 5.26 Å². The van der Waals surface area contributed by atoms with Crippen molar-refractivity contribution in [3.8, 4) is 28.7 Å². The van der Waals surface area contributed by atoms with Gasteiger partial charge in [-0.15, -0.1) is 5.10 Å². The number of nitrogens with one attached hydrogen (secondary N) is 1. The zero-order valence-corrected chi connectivity index (χ0v) is 21.2. The minimum absolute atomic E-state index is 0.376. The molecule has 39 heavy (non-hydrogen) atoms. The van der Waals surface area contributed by atoms with Gasteiger partial charge >= 0.3 is 5.97 Å². The second kappa shape index (κ2) is 10.5. The number of aliphatic carboxylic acids is 1. The lowest BCUT2D eigenvalue weighted by molar-refractivity contribution is -0.138. The Hall–Kier alpha value is -4.85. The molecule has 11 nitrogen and oxygen atoms in total. The summed E-state index contributed by atoms with van der Waals surface area (Å²) in [6.45, 7) is 1.86. The Bertz CT molecular complexity index is 1560. The van der Waals surface area contributed by atoms with Gasteiger partial charge < -0.3 is 15.3 Å². The summed E-state index contributed by atoms with van der Waals surface area (Å²) in [4.78, 5) is 27.6. The van der Waals surface area contributed by atoms with Gasteiger partial charge in [-0.1, -0.05) is 23.4 Å². The van der Waals surface area contributed by atoms with Crippen LogP contribution >= 0.6 is 0 Å². The highest BCUT2D eigenvalue weighted by molar-refractivity contribution is 5.78. The third-order valence-corrected chi connectivity index (χ3v) is 7.01. The van der Waals surface area contributed by atoms with Crippen LogP contribution in [-0.2, 0) is 11.3 Å². The van der Waals surface area contributed by atoms with Crippen LogP contribution in [0.15, 0.2) is 54.7 Å². The van der Waals surface area contributed by atoms with Crippen LogP contribution in [0.25, 0.3) is 22.6 Å². The molecule has 0 radical (unpaired) electrons. The van der Waals surface area contributed by atoms with Crippen LogP contribution in [0.1, 0.15) is 36.9 Å². The maximum absolute atomic E-state index is 11.6. The fourth-order valence-electron chi connectivity index (χ4n) is 4.78. The highest BCUT2D eigenvalue weighted by Crippen LogP contribution is 2.30. The Morgan fingerprint density at radius 2 is 1.90 bits per heavy atom. The van der Waals surface area contributed by atoms with Gasteiger partial charge in [-0.05, 0) is 61.9 Å². The normalized spacial score (nSPS) is 16.7. The number of nitriles is 1. The van der Waals surface area contributed by atoms with Gasteiger partial charge in [-0.25, -0.2) is 24.4 Å². The zero-order valence-electron chi connectivity index (χ0n) is 21.2. The molecule has 1 aliphatic heterocycles. The number of aromatic nitrogens is 6. The van der Waals surface area contributed by atoms with Crippen molar-refractivity contribution >= 4 is 17.7 Å². The molecule has 196 valence electrons. The van der Waals surface area contributed by atoms with E-state index in [1.807, 2.05) is 53.6 Å². The van der Waals surface area contributed by atoms with E-state index in [4.69, 9.17) is 15.0 Å². The van der Waals surface area contributed by atoms with Crippen LogP contribution in [0.5, 0.6) is 0 Å².